The quantitative estimate of drug-likeness (QED) is 0.542. The van der Waals surface area contributed by atoms with Gasteiger partial charge in [-0.3, -0.25) is 4.98 Å². The number of nitrogens with zero attached hydrogens (tertiary/aromatic N) is 2. The lowest BCUT2D eigenvalue weighted by Gasteiger charge is -1.99. The summed E-state index contributed by atoms with van der Waals surface area (Å²) in [6.07, 6.45) is 3.62. The molecule has 5 heteroatoms. The fourth-order valence-electron chi connectivity index (χ4n) is 1.95. The van der Waals surface area contributed by atoms with Gasteiger partial charge in [0.05, 0.1) is 5.69 Å². The zero-order valence-corrected chi connectivity index (χ0v) is 14.6. The molecule has 2 heterocycles. The van der Waals surface area contributed by atoms with Gasteiger partial charge in [-0.25, -0.2) is 4.98 Å². The summed E-state index contributed by atoms with van der Waals surface area (Å²) in [7, 11) is 0. The summed E-state index contributed by atoms with van der Waals surface area (Å²) in [5, 5.41) is 0.992. The van der Waals surface area contributed by atoms with Crippen LogP contribution in [0.2, 0.25) is 0 Å². The average Bonchev–Trinajstić information content (AvgIpc) is 2.81. The number of thiazole rings is 1. The van der Waals surface area contributed by atoms with Crippen LogP contribution in [0.15, 0.2) is 51.7 Å². The van der Waals surface area contributed by atoms with E-state index in [2.05, 4.69) is 55.9 Å². The van der Waals surface area contributed by atoms with E-state index in [1.165, 1.54) is 4.88 Å². The minimum Gasteiger partial charge on any atom is -0.263 e. The van der Waals surface area contributed by atoms with Gasteiger partial charge in [0.2, 0.25) is 0 Å². The lowest BCUT2D eigenvalue weighted by molar-refractivity contribution is 1.29. The Morgan fingerprint density at radius 3 is 2.55 bits per heavy atom. The molecule has 0 fully saturated rings. The first kappa shape index (κ1) is 13.9. The molecule has 0 bridgehead atoms. The van der Waals surface area contributed by atoms with Crippen LogP contribution in [0.3, 0.4) is 0 Å². The Morgan fingerprint density at radius 2 is 1.80 bits per heavy atom. The third-order valence-electron chi connectivity index (χ3n) is 2.85. The number of hydrogen-bond acceptors (Lipinski definition) is 3. The fraction of sp³-hybridized carbons (Fsp3) is 0.0667. The molecule has 3 rings (SSSR count). The highest BCUT2D eigenvalue weighted by Crippen LogP contribution is 2.34. The van der Waals surface area contributed by atoms with E-state index in [1.54, 1.807) is 17.5 Å². The van der Waals surface area contributed by atoms with Gasteiger partial charge in [0, 0.05) is 37.3 Å². The van der Waals surface area contributed by atoms with Crippen molar-refractivity contribution in [2.24, 2.45) is 0 Å². The van der Waals surface area contributed by atoms with Gasteiger partial charge in [-0.15, -0.1) is 11.3 Å². The lowest BCUT2D eigenvalue weighted by Crippen LogP contribution is -1.82. The average molecular weight is 410 g/mol. The molecule has 0 spiro atoms. The highest BCUT2D eigenvalue weighted by Gasteiger charge is 2.12. The summed E-state index contributed by atoms with van der Waals surface area (Å²) in [4.78, 5) is 10.2. The van der Waals surface area contributed by atoms with Gasteiger partial charge in [0.15, 0.2) is 0 Å². The molecule has 1 aromatic carbocycles. The summed E-state index contributed by atoms with van der Waals surface area (Å²) in [5.41, 5.74) is 3.20. The molecular weight excluding hydrogens is 400 g/mol. The third kappa shape index (κ3) is 2.85. The van der Waals surface area contributed by atoms with Gasteiger partial charge in [-0.2, -0.15) is 0 Å². The number of aromatic nitrogens is 2. The molecular formula is C15H10Br2N2S. The molecule has 0 radical (unpaired) electrons. The molecule has 3 aromatic rings. The van der Waals surface area contributed by atoms with Crippen molar-refractivity contribution in [3.05, 3.63) is 56.5 Å². The van der Waals surface area contributed by atoms with E-state index in [0.29, 0.717) is 0 Å². The number of rotatable bonds is 2. The largest absolute Gasteiger partial charge is 0.263 e. The van der Waals surface area contributed by atoms with Gasteiger partial charge in [-0.1, -0.05) is 28.1 Å². The van der Waals surface area contributed by atoms with Crippen LogP contribution in [0, 0.1) is 6.92 Å². The third-order valence-corrected chi connectivity index (χ3v) is 4.79. The van der Waals surface area contributed by atoms with Crippen molar-refractivity contribution in [1.29, 1.82) is 0 Å². The van der Waals surface area contributed by atoms with Crippen molar-refractivity contribution in [2.45, 2.75) is 6.92 Å². The van der Waals surface area contributed by atoms with Crippen LogP contribution >= 0.6 is 43.2 Å². The van der Waals surface area contributed by atoms with Crippen LogP contribution in [0.1, 0.15) is 4.88 Å². The maximum Gasteiger partial charge on any atom is 0.125 e. The number of halogens is 2. The van der Waals surface area contributed by atoms with E-state index < -0.39 is 0 Å². The zero-order chi connectivity index (χ0) is 14.1. The van der Waals surface area contributed by atoms with E-state index in [1.807, 2.05) is 24.4 Å². The van der Waals surface area contributed by atoms with Crippen LogP contribution < -0.4 is 0 Å². The Hall–Kier alpha value is -1.04. The summed E-state index contributed by atoms with van der Waals surface area (Å²) in [6, 6.07) is 10.2. The SMILES string of the molecule is Cc1sc(-c2cncc(Br)c2)nc1-c1cccc(Br)c1. The molecule has 0 unspecified atom stereocenters. The summed E-state index contributed by atoms with van der Waals surface area (Å²) < 4.78 is 2.03. The number of pyridine rings is 1. The molecule has 2 nitrogen and oxygen atoms in total. The van der Waals surface area contributed by atoms with Gasteiger partial charge in [-0.05, 0) is 41.1 Å². The van der Waals surface area contributed by atoms with Crippen molar-refractivity contribution < 1.29 is 0 Å². The molecule has 0 aliphatic rings. The van der Waals surface area contributed by atoms with Crippen molar-refractivity contribution >= 4 is 43.2 Å². The predicted molar refractivity (Wildman–Crippen MR) is 90.9 cm³/mol. The number of benzene rings is 1. The summed E-state index contributed by atoms with van der Waals surface area (Å²) in [6.45, 7) is 2.10. The number of aryl methyl sites for hydroxylation is 1. The second-order valence-electron chi connectivity index (χ2n) is 4.33. The van der Waals surface area contributed by atoms with Crippen molar-refractivity contribution in [1.82, 2.24) is 9.97 Å². The summed E-state index contributed by atoms with van der Waals surface area (Å²) in [5.74, 6) is 0. The minimum absolute atomic E-state index is 0.965. The highest BCUT2D eigenvalue weighted by molar-refractivity contribution is 9.10. The Morgan fingerprint density at radius 1 is 1.00 bits per heavy atom. The van der Waals surface area contributed by atoms with Crippen molar-refractivity contribution in [2.75, 3.05) is 0 Å². The monoisotopic (exact) mass is 408 g/mol. The molecule has 2 aromatic heterocycles. The second-order valence-corrected chi connectivity index (χ2v) is 7.36. The Balaban J connectivity index is 2.08. The van der Waals surface area contributed by atoms with Gasteiger partial charge in [0.25, 0.3) is 0 Å². The van der Waals surface area contributed by atoms with E-state index in [0.717, 1.165) is 30.8 Å². The van der Waals surface area contributed by atoms with E-state index in [4.69, 9.17) is 4.98 Å². The molecule has 0 aliphatic heterocycles. The van der Waals surface area contributed by atoms with Gasteiger partial charge < -0.3 is 0 Å². The summed E-state index contributed by atoms with van der Waals surface area (Å²) >= 11 is 8.64. The Kier molecular flexibility index (Phi) is 4.01. The highest BCUT2D eigenvalue weighted by atomic mass is 79.9. The molecule has 0 amide bonds. The second kappa shape index (κ2) is 5.76. The lowest BCUT2D eigenvalue weighted by atomic mass is 10.1. The molecule has 0 aliphatic carbocycles. The van der Waals surface area contributed by atoms with E-state index >= 15 is 0 Å². The smallest absolute Gasteiger partial charge is 0.125 e. The van der Waals surface area contributed by atoms with Crippen LogP contribution in [0.25, 0.3) is 21.8 Å². The predicted octanol–water partition coefficient (Wildman–Crippen LogP) is 5.71. The van der Waals surface area contributed by atoms with Crippen molar-refractivity contribution in [3.8, 4) is 21.8 Å². The minimum atomic E-state index is 0.965. The Labute approximate surface area is 138 Å². The molecule has 0 saturated heterocycles. The van der Waals surface area contributed by atoms with Crippen molar-refractivity contribution in [3.63, 3.8) is 0 Å². The van der Waals surface area contributed by atoms with Gasteiger partial charge >= 0.3 is 0 Å². The first-order valence-electron chi connectivity index (χ1n) is 5.98. The van der Waals surface area contributed by atoms with Crippen LogP contribution in [0.5, 0.6) is 0 Å². The first-order chi connectivity index (χ1) is 9.63. The van der Waals surface area contributed by atoms with Crippen LogP contribution in [-0.2, 0) is 0 Å². The zero-order valence-electron chi connectivity index (χ0n) is 10.6. The molecule has 0 atom stereocenters. The maximum absolute atomic E-state index is 4.77. The molecule has 0 saturated carbocycles. The number of hydrogen-bond donors (Lipinski definition) is 0. The Bertz CT molecular complexity index is 768. The topological polar surface area (TPSA) is 25.8 Å². The molecule has 20 heavy (non-hydrogen) atoms. The van der Waals surface area contributed by atoms with Crippen LogP contribution in [-0.4, -0.2) is 9.97 Å². The van der Waals surface area contributed by atoms with Crippen LogP contribution in [0.4, 0.5) is 0 Å². The first-order valence-corrected chi connectivity index (χ1v) is 8.38. The normalized spacial score (nSPS) is 10.8. The van der Waals surface area contributed by atoms with E-state index in [9.17, 15) is 0 Å². The standard InChI is InChI=1S/C15H10Br2N2S/c1-9-14(10-3-2-4-12(16)5-10)19-15(20-9)11-6-13(17)8-18-7-11/h2-8H,1H3. The fourth-order valence-corrected chi connectivity index (χ4v) is 3.63. The van der Waals surface area contributed by atoms with E-state index in [-0.39, 0.29) is 0 Å². The maximum atomic E-state index is 4.77. The molecule has 0 N–H and O–H groups in total. The molecule has 100 valence electrons. The van der Waals surface area contributed by atoms with Gasteiger partial charge in [0.1, 0.15) is 5.01 Å².